The summed E-state index contributed by atoms with van der Waals surface area (Å²) in [5, 5.41) is 0. The zero-order chi connectivity index (χ0) is 18.1. The minimum atomic E-state index is -0.435. The Bertz CT molecular complexity index is 737. The topological polar surface area (TPSA) is 76.7 Å². The Morgan fingerprint density at radius 3 is 2.52 bits per heavy atom. The third-order valence-corrected chi connectivity index (χ3v) is 3.90. The number of hydrogen-bond acceptors (Lipinski definition) is 4. The van der Waals surface area contributed by atoms with Crippen molar-refractivity contribution in [3.8, 4) is 5.75 Å². The molecule has 0 aliphatic carbocycles. The summed E-state index contributed by atoms with van der Waals surface area (Å²) >= 11 is 3.29. The average molecular weight is 407 g/mol. The molecular weight excluding hydrogens is 388 g/mol. The van der Waals surface area contributed by atoms with Gasteiger partial charge in [0.15, 0.2) is 0 Å². The van der Waals surface area contributed by atoms with E-state index in [-0.39, 0.29) is 0 Å². The van der Waals surface area contributed by atoms with E-state index < -0.39 is 11.8 Å². The van der Waals surface area contributed by atoms with Crippen LogP contribution in [0.5, 0.6) is 5.75 Å². The number of carbonyl (C=O) groups excluding carboxylic acids is 2. The molecule has 0 saturated heterocycles. The van der Waals surface area contributed by atoms with Crippen LogP contribution in [0.4, 0.5) is 0 Å². The molecule has 0 unspecified atom stereocenters. The quantitative estimate of drug-likeness (QED) is 0.547. The molecule has 7 heteroatoms. The van der Waals surface area contributed by atoms with Crippen molar-refractivity contribution < 1.29 is 19.1 Å². The van der Waals surface area contributed by atoms with Crippen LogP contribution in [0.15, 0.2) is 53.0 Å². The second kappa shape index (κ2) is 9.80. The third kappa shape index (κ3) is 5.88. The first-order valence-corrected chi connectivity index (χ1v) is 8.57. The van der Waals surface area contributed by atoms with Gasteiger partial charge in [-0.2, -0.15) is 0 Å². The van der Waals surface area contributed by atoms with Crippen LogP contribution in [0.25, 0.3) is 0 Å². The Labute approximate surface area is 154 Å². The van der Waals surface area contributed by atoms with Gasteiger partial charge < -0.3 is 9.47 Å². The van der Waals surface area contributed by atoms with Crippen molar-refractivity contribution in [1.29, 1.82) is 0 Å². The van der Waals surface area contributed by atoms with Crippen molar-refractivity contribution in [3.63, 3.8) is 0 Å². The molecule has 0 saturated carbocycles. The molecule has 132 valence electrons. The number of amides is 2. The summed E-state index contributed by atoms with van der Waals surface area (Å²) in [5.41, 5.74) is 5.58. The smallest absolute Gasteiger partial charge is 0.270 e. The van der Waals surface area contributed by atoms with E-state index >= 15 is 0 Å². The zero-order valence-electron chi connectivity index (χ0n) is 13.8. The predicted octanol–water partition coefficient (Wildman–Crippen LogP) is 2.94. The average Bonchev–Trinajstić information content (AvgIpc) is 2.63. The molecule has 0 aliphatic heterocycles. The highest BCUT2D eigenvalue weighted by molar-refractivity contribution is 9.10. The maximum Gasteiger partial charge on any atom is 0.270 e. The molecule has 2 N–H and O–H groups in total. The summed E-state index contributed by atoms with van der Waals surface area (Å²) in [6.07, 6.45) is 0. The first-order valence-electron chi connectivity index (χ1n) is 7.77. The Morgan fingerprint density at radius 2 is 1.76 bits per heavy atom. The summed E-state index contributed by atoms with van der Waals surface area (Å²) in [7, 11) is 0. The number of benzene rings is 2. The van der Waals surface area contributed by atoms with Gasteiger partial charge >= 0.3 is 0 Å². The van der Waals surface area contributed by atoms with E-state index in [2.05, 4.69) is 26.8 Å². The van der Waals surface area contributed by atoms with Gasteiger partial charge in [-0.25, -0.2) is 0 Å². The number of carbonyl (C=O) groups is 2. The highest BCUT2D eigenvalue weighted by Gasteiger charge is 2.11. The van der Waals surface area contributed by atoms with Crippen LogP contribution in [0.1, 0.15) is 27.6 Å². The number of nitrogens with one attached hydrogen (secondary N) is 2. The molecule has 0 atom stereocenters. The van der Waals surface area contributed by atoms with Crippen LogP contribution >= 0.6 is 15.9 Å². The molecule has 0 fully saturated rings. The summed E-state index contributed by atoms with van der Waals surface area (Å²) in [5.74, 6) is -0.287. The second-order valence-electron chi connectivity index (χ2n) is 4.96. The standard InChI is InChI=1S/C18H19BrN2O4/c1-2-24-10-11-25-14-7-5-6-13(12-14)17(22)20-21-18(23)15-8-3-4-9-16(15)19/h3-9,12H,2,10-11H2,1H3,(H,20,22)(H,21,23). The van der Waals surface area contributed by atoms with Crippen LogP contribution < -0.4 is 15.6 Å². The monoisotopic (exact) mass is 406 g/mol. The van der Waals surface area contributed by atoms with E-state index in [1.165, 1.54) is 0 Å². The predicted molar refractivity (Wildman–Crippen MR) is 97.5 cm³/mol. The molecule has 2 aromatic carbocycles. The number of ether oxygens (including phenoxy) is 2. The van der Waals surface area contributed by atoms with E-state index in [1.807, 2.05) is 6.92 Å². The molecule has 2 amide bonds. The van der Waals surface area contributed by atoms with Crippen LogP contribution in [-0.2, 0) is 4.74 Å². The molecule has 0 aromatic heterocycles. The number of hydrogen-bond donors (Lipinski definition) is 2. The molecule has 6 nitrogen and oxygen atoms in total. The van der Waals surface area contributed by atoms with E-state index in [9.17, 15) is 9.59 Å². The summed E-state index contributed by atoms with van der Waals surface area (Å²) < 4.78 is 11.3. The summed E-state index contributed by atoms with van der Waals surface area (Å²) in [4.78, 5) is 24.3. The molecule has 0 aliphatic rings. The lowest BCUT2D eigenvalue weighted by Gasteiger charge is -2.10. The van der Waals surface area contributed by atoms with E-state index in [1.54, 1.807) is 48.5 Å². The molecule has 0 radical (unpaired) electrons. The maximum absolute atomic E-state index is 12.2. The van der Waals surface area contributed by atoms with Crippen LogP contribution in [0, 0.1) is 0 Å². The normalized spacial score (nSPS) is 10.2. The lowest BCUT2D eigenvalue weighted by atomic mass is 10.2. The van der Waals surface area contributed by atoms with Crippen molar-refractivity contribution in [2.75, 3.05) is 19.8 Å². The van der Waals surface area contributed by atoms with E-state index in [0.717, 1.165) is 0 Å². The number of hydrazine groups is 1. The van der Waals surface area contributed by atoms with Gasteiger partial charge in [-0.05, 0) is 53.2 Å². The highest BCUT2D eigenvalue weighted by atomic mass is 79.9. The molecule has 2 aromatic rings. The van der Waals surface area contributed by atoms with Crippen molar-refractivity contribution in [2.45, 2.75) is 6.92 Å². The van der Waals surface area contributed by atoms with Crippen LogP contribution in [0.2, 0.25) is 0 Å². The van der Waals surface area contributed by atoms with Crippen LogP contribution in [0.3, 0.4) is 0 Å². The molecule has 0 bridgehead atoms. The third-order valence-electron chi connectivity index (χ3n) is 3.20. The van der Waals surface area contributed by atoms with Gasteiger partial charge in [-0.1, -0.05) is 18.2 Å². The second-order valence-corrected chi connectivity index (χ2v) is 5.82. The number of rotatable bonds is 7. The van der Waals surface area contributed by atoms with Crippen LogP contribution in [-0.4, -0.2) is 31.6 Å². The fraction of sp³-hybridized carbons (Fsp3) is 0.222. The van der Waals surface area contributed by atoms with Gasteiger partial charge in [0.05, 0.1) is 12.2 Å². The Hall–Kier alpha value is -2.38. The maximum atomic E-state index is 12.2. The van der Waals surface area contributed by atoms with Gasteiger partial charge in [0.25, 0.3) is 11.8 Å². The Kier molecular flexibility index (Phi) is 7.43. The molecule has 0 heterocycles. The molecular formula is C18H19BrN2O4. The molecule has 25 heavy (non-hydrogen) atoms. The first-order chi connectivity index (χ1) is 12.1. The van der Waals surface area contributed by atoms with Crippen molar-refractivity contribution in [1.82, 2.24) is 10.9 Å². The minimum absolute atomic E-state index is 0.376. The van der Waals surface area contributed by atoms with Gasteiger partial charge in [-0.3, -0.25) is 20.4 Å². The van der Waals surface area contributed by atoms with E-state index in [4.69, 9.17) is 9.47 Å². The van der Waals surface area contributed by atoms with Gasteiger partial charge in [0.1, 0.15) is 12.4 Å². The van der Waals surface area contributed by atoms with Crippen molar-refractivity contribution >= 4 is 27.7 Å². The first kappa shape index (κ1) is 19.0. The Balaban J connectivity index is 1.90. The summed E-state index contributed by atoms with van der Waals surface area (Å²) in [6, 6.07) is 13.6. The minimum Gasteiger partial charge on any atom is -0.491 e. The largest absolute Gasteiger partial charge is 0.491 e. The van der Waals surface area contributed by atoms with Crippen molar-refractivity contribution in [3.05, 3.63) is 64.1 Å². The number of halogens is 1. The highest BCUT2D eigenvalue weighted by Crippen LogP contribution is 2.15. The van der Waals surface area contributed by atoms with Gasteiger partial charge in [0.2, 0.25) is 0 Å². The van der Waals surface area contributed by atoms with E-state index in [0.29, 0.717) is 41.2 Å². The lowest BCUT2D eigenvalue weighted by Crippen LogP contribution is -2.41. The summed E-state index contributed by atoms with van der Waals surface area (Å²) in [6.45, 7) is 3.42. The molecule has 2 rings (SSSR count). The van der Waals surface area contributed by atoms with Gasteiger partial charge in [-0.15, -0.1) is 0 Å². The van der Waals surface area contributed by atoms with Crippen molar-refractivity contribution in [2.24, 2.45) is 0 Å². The lowest BCUT2D eigenvalue weighted by molar-refractivity contribution is 0.0845. The molecule has 0 spiro atoms. The fourth-order valence-corrected chi connectivity index (χ4v) is 2.45. The fourth-order valence-electron chi connectivity index (χ4n) is 1.99. The zero-order valence-corrected chi connectivity index (χ0v) is 15.3. The van der Waals surface area contributed by atoms with Gasteiger partial charge in [0, 0.05) is 16.6 Å². The Morgan fingerprint density at radius 1 is 1.00 bits per heavy atom. The SMILES string of the molecule is CCOCCOc1cccc(C(=O)NNC(=O)c2ccccc2Br)c1.